The Kier molecular flexibility index (Phi) is 5.19. The zero-order chi connectivity index (χ0) is 16.5. The topological polar surface area (TPSA) is 118 Å². The minimum absolute atomic E-state index is 0.298. The molecule has 0 aliphatic carbocycles. The monoisotopic (exact) mass is 399 g/mol. The average molecular weight is 400 g/mol. The highest BCUT2D eigenvalue weighted by molar-refractivity contribution is 9.13. The van der Waals surface area contributed by atoms with Gasteiger partial charge < -0.3 is 5.32 Å². The van der Waals surface area contributed by atoms with Crippen molar-refractivity contribution in [3.8, 4) is 0 Å². The number of benzene rings is 1. The predicted octanol–water partition coefficient (Wildman–Crippen LogP) is 0.841. The zero-order valence-electron chi connectivity index (χ0n) is 11.2. The Hall–Kier alpha value is -0.970. The lowest BCUT2D eigenvalue weighted by Gasteiger charge is -2.24. The van der Waals surface area contributed by atoms with Gasteiger partial charge in [-0.2, -0.15) is 8.42 Å². The quantitative estimate of drug-likeness (QED) is 0.559. The third-order valence-corrected chi connectivity index (χ3v) is 9.50. The van der Waals surface area contributed by atoms with Crippen LogP contribution >= 0.6 is 15.9 Å². The first kappa shape index (κ1) is 18.1. The van der Waals surface area contributed by atoms with E-state index in [0.29, 0.717) is 0 Å². The van der Waals surface area contributed by atoms with Gasteiger partial charge in [-0.3, -0.25) is 9.35 Å². The van der Waals surface area contributed by atoms with Crippen LogP contribution in [-0.2, 0) is 24.7 Å². The van der Waals surface area contributed by atoms with Crippen LogP contribution in [0.5, 0.6) is 0 Å². The van der Waals surface area contributed by atoms with E-state index in [2.05, 4.69) is 21.2 Å². The van der Waals surface area contributed by atoms with Crippen LogP contribution in [0, 0.1) is 6.92 Å². The van der Waals surface area contributed by atoms with Gasteiger partial charge in [-0.25, -0.2) is 8.42 Å². The largest absolute Gasteiger partial charge is 0.353 e. The Balaban J connectivity index is 3.44. The second kappa shape index (κ2) is 6.03. The number of alkyl halides is 1. The Bertz CT molecular complexity index is 741. The predicted molar refractivity (Wildman–Crippen MR) is 80.3 cm³/mol. The lowest BCUT2D eigenvalue weighted by atomic mass is 10.2. The van der Waals surface area contributed by atoms with Gasteiger partial charge >= 0.3 is 0 Å². The number of hydrogen-bond acceptors (Lipinski definition) is 5. The summed E-state index contributed by atoms with van der Waals surface area (Å²) in [5.41, 5.74) is 0.780. The molecule has 0 aliphatic heterocycles. The molecular formula is C11H14BrNO6S2. The van der Waals surface area contributed by atoms with Crippen LogP contribution in [0.25, 0.3) is 0 Å². The molecular weight excluding hydrogens is 386 g/mol. The maximum atomic E-state index is 12.5. The molecule has 1 amide bonds. The number of aryl methyl sites for hydroxylation is 1. The van der Waals surface area contributed by atoms with Crippen molar-refractivity contribution in [3.05, 3.63) is 29.8 Å². The summed E-state index contributed by atoms with van der Waals surface area (Å²) in [6.45, 7) is 1.99. The molecule has 0 saturated carbocycles. The molecule has 7 nitrogen and oxygen atoms in total. The number of halogens is 1. The minimum atomic E-state index is -5.06. The van der Waals surface area contributed by atoms with E-state index in [1.54, 1.807) is 6.92 Å². The molecule has 1 unspecified atom stereocenters. The van der Waals surface area contributed by atoms with Crippen LogP contribution in [0.1, 0.15) is 12.5 Å². The summed E-state index contributed by atoms with van der Waals surface area (Å²) in [6.07, 6.45) is 0. The molecule has 0 radical (unpaired) electrons. The number of hydrogen-bond donors (Lipinski definition) is 2. The maximum Gasteiger partial charge on any atom is 0.297 e. The maximum absolute atomic E-state index is 12.5. The summed E-state index contributed by atoms with van der Waals surface area (Å²) < 4.78 is 54.6. The standard InChI is InChI=1S/C11H14BrNO6S2/c1-8-3-5-10(6-4-8)20(15,16)11(12,21(17,18)19)7-13-9(2)14/h3-6H,7H2,1-2H3,(H,13,14)(H,17,18,19). The molecule has 0 spiro atoms. The molecule has 1 atom stereocenters. The van der Waals surface area contributed by atoms with Crippen molar-refractivity contribution in [3.63, 3.8) is 0 Å². The van der Waals surface area contributed by atoms with Crippen LogP contribution in [0.4, 0.5) is 0 Å². The highest BCUT2D eigenvalue weighted by Gasteiger charge is 2.53. The van der Waals surface area contributed by atoms with Gasteiger partial charge in [0, 0.05) is 6.92 Å². The fourth-order valence-electron chi connectivity index (χ4n) is 1.45. The van der Waals surface area contributed by atoms with Crippen LogP contribution in [0.15, 0.2) is 29.2 Å². The molecule has 0 aromatic heterocycles. The van der Waals surface area contributed by atoms with E-state index >= 15 is 0 Å². The minimum Gasteiger partial charge on any atom is -0.353 e. The first-order valence-corrected chi connectivity index (χ1v) is 9.35. The van der Waals surface area contributed by atoms with Gasteiger partial charge in [-0.05, 0) is 35.0 Å². The smallest absolute Gasteiger partial charge is 0.297 e. The van der Waals surface area contributed by atoms with E-state index < -0.39 is 35.4 Å². The summed E-state index contributed by atoms with van der Waals surface area (Å²) in [4.78, 5) is 10.6. The molecule has 0 heterocycles. The summed E-state index contributed by atoms with van der Waals surface area (Å²) in [5.74, 6) is -0.637. The lowest BCUT2D eigenvalue weighted by Crippen LogP contribution is -2.49. The molecule has 0 fully saturated rings. The highest BCUT2D eigenvalue weighted by atomic mass is 79.9. The SMILES string of the molecule is CC(=O)NCC(Br)(S(=O)(=O)O)S(=O)(=O)c1ccc(C)cc1. The molecule has 10 heteroatoms. The van der Waals surface area contributed by atoms with Crippen molar-refractivity contribution in [2.24, 2.45) is 0 Å². The van der Waals surface area contributed by atoms with Crippen molar-refractivity contribution in [2.75, 3.05) is 6.54 Å². The number of nitrogens with one attached hydrogen (secondary N) is 1. The third kappa shape index (κ3) is 3.62. The fraction of sp³-hybridized carbons (Fsp3) is 0.364. The molecule has 2 N–H and O–H groups in total. The normalized spacial score (nSPS) is 15.2. The summed E-state index contributed by atoms with van der Waals surface area (Å²) in [6, 6.07) is 5.42. The van der Waals surface area contributed by atoms with Crippen LogP contribution < -0.4 is 5.32 Å². The number of carbonyl (C=O) groups excluding carboxylic acids is 1. The Morgan fingerprint density at radius 1 is 1.24 bits per heavy atom. The van der Waals surface area contributed by atoms with Gasteiger partial charge in [0.2, 0.25) is 15.7 Å². The van der Waals surface area contributed by atoms with Crippen molar-refractivity contribution in [1.29, 1.82) is 0 Å². The van der Waals surface area contributed by atoms with Crippen LogP contribution in [0.3, 0.4) is 0 Å². The highest BCUT2D eigenvalue weighted by Crippen LogP contribution is 2.36. The van der Waals surface area contributed by atoms with Gasteiger partial charge in [0.25, 0.3) is 13.1 Å². The van der Waals surface area contributed by atoms with Crippen LogP contribution in [-0.4, -0.2) is 36.8 Å². The second-order valence-corrected chi connectivity index (χ2v) is 10.8. The number of sulfone groups is 1. The Morgan fingerprint density at radius 3 is 2.10 bits per heavy atom. The van der Waals surface area contributed by atoms with Crippen molar-refractivity contribution >= 4 is 41.8 Å². The van der Waals surface area contributed by atoms with E-state index in [4.69, 9.17) is 0 Å². The van der Waals surface area contributed by atoms with E-state index in [-0.39, 0.29) is 4.90 Å². The lowest BCUT2D eigenvalue weighted by molar-refractivity contribution is -0.118. The number of carbonyl (C=O) groups is 1. The molecule has 0 aliphatic rings. The first-order chi connectivity index (χ1) is 9.42. The second-order valence-electron chi connectivity index (χ2n) is 4.36. The molecule has 0 bridgehead atoms. The van der Waals surface area contributed by atoms with Crippen molar-refractivity contribution in [1.82, 2.24) is 5.32 Å². The zero-order valence-corrected chi connectivity index (χ0v) is 14.4. The molecule has 1 aromatic carbocycles. The van der Waals surface area contributed by atoms with Gasteiger partial charge in [0.1, 0.15) is 0 Å². The van der Waals surface area contributed by atoms with Gasteiger partial charge in [0.15, 0.2) is 0 Å². The molecule has 21 heavy (non-hydrogen) atoms. The first-order valence-electron chi connectivity index (χ1n) is 5.63. The van der Waals surface area contributed by atoms with Crippen LogP contribution in [0.2, 0.25) is 0 Å². The summed E-state index contributed by atoms with van der Waals surface area (Å²) in [7, 11) is -9.57. The van der Waals surface area contributed by atoms with Crippen molar-refractivity contribution in [2.45, 2.75) is 21.7 Å². The molecule has 1 rings (SSSR count). The number of amides is 1. The van der Waals surface area contributed by atoms with E-state index in [0.717, 1.165) is 12.5 Å². The Labute approximate surface area is 131 Å². The third-order valence-electron chi connectivity index (χ3n) is 2.67. The molecule has 1 aromatic rings. The van der Waals surface area contributed by atoms with Gasteiger partial charge in [-0.15, -0.1) is 0 Å². The summed E-state index contributed by atoms with van der Waals surface area (Å²) in [5, 5.41) is 2.08. The van der Waals surface area contributed by atoms with Gasteiger partial charge in [-0.1, -0.05) is 17.7 Å². The average Bonchev–Trinajstić information content (AvgIpc) is 2.34. The van der Waals surface area contributed by atoms with E-state index in [1.165, 1.54) is 24.3 Å². The Morgan fingerprint density at radius 2 is 1.71 bits per heavy atom. The molecule has 0 saturated heterocycles. The molecule has 118 valence electrons. The van der Waals surface area contributed by atoms with Crippen molar-refractivity contribution < 1.29 is 26.2 Å². The number of rotatable bonds is 5. The summed E-state index contributed by atoms with van der Waals surface area (Å²) >= 11 is 2.57. The van der Waals surface area contributed by atoms with E-state index in [1.807, 2.05) is 0 Å². The van der Waals surface area contributed by atoms with E-state index in [9.17, 15) is 26.2 Å². The fourth-order valence-corrected chi connectivity index (χ4v) is 4.91. The van der Waals surface area contributed by atoms with Gasteiger partial charge in [0.05, 0.1) is 11.4 Å².